The fourth-order valence-electron chi connectivity index (χ4n) is 1.65. The van der Waals surface area contributed by atoms with Gasteiger partial charge in [0, 0.05) is 30.8 Å². The van der Waals surface area contributed by atoms with Crippen LogP contribution < -0.4 is 5.32 Å². The lowest BCUT2D eigenvalue weighted by Crippen LogP contribution is -2.03. The molecule has 1 aromatic rings. The first-order valence-electron chi connectivity index (χ1n) is 6.26. The first kappa shape index (κ1) is 13.7. The number of carbonyl (C=O) groups is 1. The van der Waals surface area contributed by atoms with Crippen LogP contribution in [0.5, 0.6) is 0 Å². The molecule has 0 aliphatic carbocycles. The van der Waals surface area contributed by atoms with E-state index in [1.165, 1.54) is 0 Å². The number of nitrogens with one attached hydrogen (secondary N) is 1. The summed E-state index contributed by atoms with van der Waals surface area (Å²) in [5.74, 6) is 0.175. The summed E-state index contributed by atoms with van der Waals surface area (Å²) >= 11 is 0. The molecule has 0 aliphatic rings. The molecule has 0 spiro atoms. The highest BCUT2D eigenvalue weighted by Crippen LogP contribution is 2.12. The van der Waals surface area contributed by atoms with Crippen LogP contribution in [0.3, 0.4) is 0 Å². The summed E-state index contributed by atoms with van der Waals surface area (Å²) in [6.07, 6.45) is 3.46. The maximum Gasteiger partial charge on any atom is 0.162 e. The molecule has 0 aliphatic heterocycles. The molecule has 17 heavy (non-hydrogen) atoms. The fourth-order valence-corrected chi connectivity index (χ4v) is 1.65. The first-order valence-corrected chi connectivity index (χ1v) is 6.26. The molecule has 94 valence electrons. The summed E-state index contributed by atoms with van der Waals surface area (Å²) in [5.41, 5.74) is 1.76. The molecule has 0 saturated carbocycles. The van der Waals surface area contributed by atoms with Gasteiger partial charge in [0.25, 0.3) is 0 Å². The van der Waals surface area contributed by atoms with E-state index in [9.17, 15) is 4.79 Å². The zero-order valence-corrected chi connectivity index (χ0v) is 10.4. The molecular weight excluding hydrogens is 214 g/mol. The number of aliphatic hydroxyl groups excluding tert-OH is 1. The van der Waals surface area contributed by atoms with Gasteiger partial charge in [0.15, 0.2) is 5.78 Å². The molecule has 2 N–H and O–H groups in total. The van der Waals surface area contributed by atoms with E-state index in [2.05, 4.69) is 5.32 Å². The normalized spacial score (nSPS) is 10.2. The van der Waals surface area contributed by atoms with E-state index in [1.807, 2.05) is 31.2 Å². The molecule has 0 bridgehead atoms. The van der Waals surface area contributed by atoms with Crippen molar-refractivity contribution in [2.75, 3.05) is 18.5 Å². The predicted octanol–water partition coefficient (Wildman–Crippen LogP) is 2.85. The minimum absolute atomic E-state index is 0.175. The van der Waals surface area contributed by atoms with Gasteiger partial charge in [-0.05, 0) is 31.4 Å². The second-order valence-corrected chi connectivity index (χ2v) is 4.07. The largest absolute Gasteiger partial charge is 0.396 e. The van der Waals surface area contributed by atoms with Gasteiger partial charge in [0.2, 0.25) is 0 Å². The minimum atomic E-state index is 0.175. The van der Waals surface area contributed by atoms with Gasteiger partial charge in [-0.1, -0.05) is 19.1 Å². The Bertz CT molecular complexity index is 350. The highest BCUT2D eigenvalue weighted by Gasteiger charge is 2.02. The Morgan fingerprint density at radius 3 is 2.82 bits per heavy atom. The van der Waals surface area contributed by atoms with Crippen molar-refractivity contribution in [2.45, 2.75) is 32.6 Å². The number of ketones is 1. The number of anilines is 1. The lowest BCUT2D eigenvalue weighted by Gasteiger charge is -2.07. The van der Waals surface area contributed by atoms with E-state index in [4.69, 9.17) is 5.11 Å². The Morgan fingerprint density at radius 1 is 1.29 bits per heavy atom. The lowest BCUT2D eigenvalue weighted by molar-refractivity contribution is 0.0988. The first-order chi connectivity index (χ1) is 8.27. The standard InChI is InChI=1S/C14H21NO2/c1-2-14(17)12-7-6-8-13(11-12)15-9-4-3-5-10-16/h6-8,11,15-16H,2-5,9-10H2,1H3. The molecule has 0 amide bonds. The number of hydrogen-bond donors (Lipinski definition) is 2. The van der Waals surface area contributed by atoms with Crippen molar-refractivity contribution in [1.82, 2.24) is 0 Å². The average Bonchev–Trinajstić information content (AvgIpc) is 2.38. The quantitative estimate of drug-likeness (QED) is 0.538. The smallest absolute Gasteiger partial charge is 0.162 e. The van der Waals surface area contributed by atoms with Crippen LogP contribution in [0.1, 0.15) is 43.0 Å². The molecule has 0 heterocycles. The van der Waals surface area contributed by atoms with Crippen LogP contribution >= 0.6 is 0 Å². The summed E-state index contributed by atoms with van der Waals surface area (Å²) in [4.78, 5) is 11.5. The van der Waals surface area contributed by atoms with Gasteiger partial charge in [0.05, 0.1) is 0 Å². The van der Waals surface area contributed by atoms with E-state index in [0.29, 0.717) is 6.42 Å². The maximum atomic E-state index is 11.5. The Labute approximate surface area is 103 Å². The van der Waals surface area contributed by atoms with Gasteiger partial charge < -0.3 is 10.4 Å². The van der Waals surface area contributed by atoms with Crippen molar-refractivity contribution in [3.8, 4) is 0 Å². The second-order valence-electron chi connectivity index (χ2n) is 4.07. The van der Waals surface area contributed by atoms with Crippen LogP contribution in [-0.2, 0) is 0 Å². The van der Waals surface area contributed by atoms with Gasteiger partial charge in [-0.2, -0.15) is 0 Å². The van der Waals surface area contributed by atoms with Crippen LogP contribution in [-0.4, -0.2) is 24.0 Å². The topological polar surface area (TPSA) is 49.3 Å². The van der Waals surface area contributed by atoms with Crippen LogP contribution in [0.25, 0.3) is 0 Å². The van der Waals surface area contributed by atoms with Gasteiger partial charge in [0.1, 0.15) is 0 Å². The van der Waals surface area contributed by atoms with E-state index in [1.54, 1.807) is 0 Å². The molecule has 3 nitrogen and oxygen atoms in total. The van der Waals surface area contributed by atoms with Gasteiger partial charge >= 0.3 is 0 Å². The fraction of sp³-hybridized carbons (Fsp3) is 0.500. The molecule has 3 heteroatoms. The number of Topliss-reactive ketones (excluding diaryl/α,β-unsaturated/α-hetero) is 1. The van der Waals surface area contributed by atoms with Crippen molar-refractivity contribution in [3.05, 3.63) is 29.8 Å². The molecule has 0 radical (unpaired) electrons. The third-order valence-electron chi connectivity index (χ3n) is 2.67. The van der Waals surface area contributed by atoms with Crippen molar-refractivity contribution in [2.24, 2.45) is 0 Å². The molecule has 0 fully saturated rings. The predicted molar refractivity (Wildman–Crippen MR) is 70.5 cm³/mol. The average molecular weight is 235 g/mol. The van der Waals surface area contributed by atoms with E-state index < -0.39 is 0 Å². The maximum absolute atomic E-state index is 11.5. The van der Waals surface area contributed by atoms with Crippen molar-refractivity contribution in [1.29, 1.82) is 0 Å². The zero-order valence-electron chi connectivity index (χ0n) is 10.4. The van der Waals surface area contributed by atoms with Crippen LogP contribution in [0.4, 0.5) is 5.69 Å². The molecule has 1 rings (SSSR count). The SMILES string of the molecule is CCC(=O)c1cccc(NCCCCCO)c1. The van der Waals surface area contributed by atoms with Crippen LogP contribution in [0.15, 0.2) is 24.3 Å². The van der Waals surface area contributed by atoms with Crippen LogP contribution in [0.2, 0.25) is 0 Å². The number of carbonyl (C=O) groups excluding carboxylic acids is 1. The summed E-state index contributed by atoms with van der Waals surface area (Å²) in [7, 11) is 0. The van der Waals surface area contributed by atoms with E-state index in [0.717, 1.165) is 37.1 Å². The Kier molecular flexibility index (Phi) is 6.33. The highest BCUT2D eigenvalue weighted by molar-refractivity contribution is 5.96. The molecular formula is C14H21NO2. The van der Waals surface area contributed by atoms with Crippen molar-refractivity contribution in [3.63, 3.8) is 0 Å². The molecule has 1 aromatic carbocycles. The zero-order chi connectivity index (χ0) is 12.5. The summed E-state index contributed by atoms with van der Waals surface area (Å²) in [5, 5.41) is 11.9. The monoisotopic (exact) mass is 235 g/mol. The van der Waals surface area contributed by atoms with Gasteiger partial charge in [-0.15, -0.1) is 0 Å². The summed E-state index contributed by atoms with van der Waals surface area (Å²) < 4.78 is 0. The van der Waals surface area contributed by atoms with E-state index >= 15 is 0 Å². The number of benzene rings is 1. The highest BCUT2D eigenvalue weighted by atomic mass is 16.2. The number of unbranched alkanes of at least 4 members (excludes halogenated alkanes) is 2. The van der Waals surface area contributed by atoms with Crippen molar-refractivity contribution >= 4 is 11.5 Å². The molecule has 0 unspecified atom stereocenters. The number of hydrogen-bond acceptors (Lipinski definition) is 3. The number of rotatable bonds is 8. The van der Waals surface area contributed by atoms with Crippen LogP contribution in [0, 0.1) is 0 Å². The minimum Gasteiger partial charge on any atom is -0.396 e. The Hall–Kier alpha value is -1.35. The Morgan fingerprint density at radius 2 is 2.12 bits per heavy atom. The number of aliphatic hydroxyl groups is 1. The molecule has 0 saturated heterocycles. The Balaban J connectivity index is 2.40. The third-order valence-corrected chi connectivity index (χ3v) is 2.67. The van der Waals surface area contributed by atoms with Crippen molar-refractivity contribution < 1.29 is 9.90 Å². The van der Waals surface area contributed by atoms with Gasteiger partial charge in [-0.25, -0.2) is 0 Å². The van der Waals surface area contributed by atoms with E-state index in [-0.39, 0.29) is 12.4 Å². The summed E-state index contributed by atoms with van der Waals surface area (Å²) in [6.45, 7) is 3.02. The molecule has 0 atom stereocenters. The second kappa shape index (κ2) is 7.85. The lowest BCUT2D eigenvalue weighted by atomic mass is 10.1. The molecule has 0 aromatic heterocycles. The summed E-state index contributed by atoms with van der Waals surface area (Å²) in [6, 6.07) is 7.62. The third kappa shape index (κ3) is 5.00. The van der Waals surface area contributed by atoms with Gasteiger partial charge in [-0.3, -0.25) is 4.79 Å².